The maximum absolute atomic E-state index is 12.7. The van der Waals surface area contributed by atoms with Gasteiger partial charge in [-0.15, -0.1) is 0 Å². The minimum absolute atomic E-state index is 0.0361. The van der Waals surface area contributed by atoms with E-state index >= 15 is 0 Å². The Labute approximate surface area is 123 Å². The third-order valence-corrected chi connectivity index (χ3v) is 4.86. The Bertz CT molecular complexity index is 390. The minimum atomic E-state index is -0.303. The fourth-order valence-corrected chi connectivity index (χ4v) is 3.59. The fraction of sp³-hybridized carbons (Fsp3) is 0.812. The monoisotopic (exact) mass is 283 g/mol. The maximum Gasteiger partial charge on any atom is 0.171 e. The summed E-state index contributed by atoms with van der Waals surface area (Å²) < 4.78 is 0. The molecule has 0 aromatic carbocycles. The average Bonchev–Trinajstić information content (AvgIpc) is 2.57. The number of Topliss-reactive ketones (excluding diaryl/α,β-unsaturated/α-hetero) is 1. The molecular formula is C16H29NOS. The van der Waals surface area contributed by atoms with E-state index in [1.54, 1.807) is 11.8 Å². The van der Waals surface area contributed by atoms with E-state index in [1.807, 2.05) is 20.8 Å². The molecule has 0 bridgehead atoms. The smallest absolute Gasteiger partial charge is 0.171 e. The van der Waals surface area contributed by atoms with Crippen LogP contribution in [0, 0.1) is 10.8 Å². The summed E-state index contributed by atoms with van der Waals surface area (Å²) in [5.74, 6) is 0.308. The molecule has 3 heteroatoms. The largest absolute Gasteiger partial charge is 0.353 e. The van der Waals surface area contributed by atoms with Gasteiger partial charge in [-0.3, -0.25) is 4.79 Å². The molecule has 0 saturated carbocycles. The van der Waals surface area contributed by atoms with E-state index in [0.717, 1.165) is 0 Å². The van der Waals surface area contributed by atoms with Crippen molar-refractivity contribution in [2.24, 2.45) is 10.8 Å². The van der Waals surface area contributed by atoms with Crippen molar-refractivity contribution in [1.29, 1.82) is 0 Å². The van der Waals surface area contributed by atoms with Gasteiger partial charge in [-0.1, -0.05) is 53.3 Å². The third kappa shape index (κ3) is 3.77. The Kier molecular flexibility index (Phi) is 4.23. The number of carbonyl (C=O) groups is 1. The van der Waals surface area contributed by atoms with Gasteiger partial charge in [0.25, 0.3) is 0 Å². The van der Waals surface area contributed by atoms with Gasteiger partial charge in [0, 0.05) is 22.1 Å². The lowest BCUT2D eigenvalue weighted by Crippen LogP contribution is -2.47. The fourth-order valence-electron chi connectivity index (χ4n) is 1.87. The Morgan fingerprint density at radius 1 is 1.05 bits per heavy atom. The summed E-state index contributed by atoms with van der Waals surface area (Å²) in [5.41, 5.74) is -0.241. The number of ketones is 1. The molecule has 1 atom stereocenters. The van der Waals surface area contributed by atoms with Crippen LogP contribution in [0.15, 0.2) is 11.1 Å². The molecule has 1 aliphatic rings. The Balaban J connectivity index is 3.12. The molecule has 0 aromatic heterocycles. The molecule has 1 unspecified atom stereocenters. The van der Waals surface area contributed by atoms with Gasteiger partial charge in [-0.25, -0.2) is 0 Å². The number of thioether (sulfide) groups is 1. The second-order valence-corrected chi connectivity index (χ2v) is 9.53. The van der Waals surface area contributed by atoms with Crippen LogP contribution in [0.4, 0.5) is 0 Å². The van der Waals surface area contributed by atoms with Crippen LogP contribution in [0.2, 0.25) is 0 Å². The highest BCUT2D eigenvalue weighted by molar-refractivity contribution is 8.04. The van der Waals surface area contributed by atoms with E-state index in [1.165, 1.54) is 4.91 Å². The minimum Gasteiger partial charge on any atom is -0.353 e. The second-order valence-electron chi connectivity index (χ2n) is 8.41. The van der Waals surface area contributed by atoms with Gasteiger partial charge in [0.15, 0.2) is 5.78 Å². The van der Waals surface area contributed by atoms with Crippen LogP contribution in [0.3, 0.4) is 0 Å². The van der Waals surface area contributed by atoms with Crippen molar-refractivity contribution in [1.82, 2.24) is 4.90 Å². The van der Waals surface area contributed by atoms with Gasteiger partial charge < -0.3 is 4.90 Å². The van der Waals surface area contributed by atoms with Crippen molar-refractivity contribution in [3.05, 3.63) is 11.1 Å². The number of allylic oxidation sites excluding steroid dienone is 1. The van der Waals surface area contributed by atoms with Gasteiger partial charge in [-0.05, 0) is 26.2 Å². The van der Waals surface area contributed by atoms with Crippen LogP contribution >= 0.6 is 11.8 Å². The lowest BCUT2D eigenvalue weighted by Gasteiger charge is -2.38. The van der Waals surface area contributed by atoms with Crippen molar-refractivity contribution in [2.45, 2.75) is 73.2 Å². The number of nitrogens with zero attached hydrogens (tertiary/aromatic N) is 1. The Morgan fingerprint density at radius 3 is 1.84 bits per heavy atom. The zero-order valence-corrected chi connectivity index (χ0v) is 14.7. The average molecular weight is 283 g/mol. The molecule has 1 aliphatic heterocycles. The topological polar surface area (TPSA) is 20.3 Å². The van der Waals surface area contributed by atoms with Crippen molar-refractivity contribution in [3.8, 4) is 0 Å². The Hall–Kier alpha value is -0.440. The van der Waals surface area contributed by atoms with Crippen molar-refractivity contribution < 1.29 is 4.79 Å². The zero-order chi connectivity index (χ0) is 15.2. The van der Waals surface area contributed by atoms with Crippen LogP contribution in [0.1, 0.15) is 62.3 Å². The molecular weight excluding hydrogens is 254 g/mol. The second kappa shape index (κ2) is 4.83. The quantitative estimate of drug-likeness (QED) is 0.698. The highest BCUT2D eigenvalue weighted by Gasteiger charge is 2.43. The molecule has 0 aliphatic carbocycles. The molecule has 1 heterocycles. The first-order valence-electron chi connectivity index (χ1n) is 6.96. The molecule has 0 spiro atoms. The molecule has 0 fully saturated rings. The van der Waals surface area contributed by atoms with E-state index in [2.05, 4.69) is 52.6 Å². The van der Waals surface area contributed by atoms with Gasteiger partial charge >= 0.3 is 0 Å². The zero-order valence-electron chi connectivity index (χ0n) is 13.9. The van der Waals surface area contributed by atoms with Gasteiger partial charge in [0.2, 0.25) is 0 Å². The first kappa shape index (κ1) is 16.6. The normalized spacial score (nSPS) is 21.6. The van der Waals surface area contributed by atoms with E-state index in [9.17, 15) is 4.79 Å². The first-order chi connectivity index (χ1) is 8.24. The predicted octanol–water partition coefficient (Wildman–Crippen LogP) is 4.66. The SMILES string of the molecule is CC(C)(C)C(=O)C1SC(C(C)(C)C)=CN1C(C)(C)C. The molecule has 0 aromatic rings. The summed E-state index contributed by atoms with van der Waals surface area (Å²) in [6.45, 7) is 19.1. The number of hydrogen-bond acceptors (Lipinski definition) is 3. The molecule has 2 nitrogen and oxygen atoms in total. The summed E-state index contributed by atoms with van der Waals surface area (Å²) in [5, 5.41) is -0.0887. The number of rotatable bonds is 1. The van der Waals surface area contributed by atoms with Crippen LogP contribution in [0.5, 0.6) is 0 Å². The third-order valence-electron chi connectivity index (χ3n) is 3.22. The lowest BCUT2D eigenvalue weighted by molar-refractivity contribution is -0.129. The predicted molar refractivity (Wildman–Crippen MR) is 85.0 cm³/mol. The summed E-state index contributed by atoms with van der Waals surface area (Å²) >= 11 is 1.73. The highest BCUT2D eigenvalue weighted by atomic mass is 32.2. The first-order valence-corrected chi connectivity index (χ1v) is 7.84. The van der Waals surface area contributed by atoms with Crippen LogP contribution in [-0.2, 0) is 4.79 Å². The van der Waals surface area contributed by atoms with E-state index in [4.69, 9.17) is 0 Å². The molecule has 1 rings (SSSR count). The van der Waals surface area contributed by atoms with E-state index in [0.29, 0.717) is 5.78 Å². The van der Waals surface area contributed by atoms with Gasteiger partial charge in [-0.2, -0.15) is 0 Å². The summed E-state index contributed by atoms with van der Waals surface area (Å²) in [6, 6.07) is 0. The van der Waals surface area contributed by atoms with Gasteiger partial charge in [0.05, 0.1) is 0 Å². The summed E-state index contributed by atoms with van der Waals surface area (Å²) in [4.78, 5) is 16.2. The lowest BCUT2D eigenvalue weighted by atomic mass is 9.89. The van der Waals surface area contributed by atoms with E-state index < -0.39 is 0 Å². The van der Waals surface area contributed by atoms with Crippen molar-refractivity contribution >= 4 is 17.5 Å². The highest BCUT2D eigenvalue weighted by Crippen LogP contribution is 2.47. The van der Waals surface area contributed by atoms with Gasteiger partial charge in [0.1, 0.15) is 5.37 Å². The Morgan fingerprint density at radius 2 is 1.53 bits per heavy atom. The standard InChI is InChI=1S/C16H29NOS/c1-14(2,3)11-10-17(16(7,8)9)13(19-11)12(18)15(4,5)6/h10,13H,1-9H3. The molecule has 0 amide bonds. The summed E-state index contributed by atoms with van der Waals surface area (Å²) in [6.07, 6.45) is 2.19. The maximum atomic E-state index is 12.7. The molecule has 0 radical (unpaired) electrons. The van der Waals surface area contributed by atoms with Crippen LogP contribution in [-0.4, -0.2) is 21.6 Å². The van der Waals surface area contributed by atoms with Crippen molar-refractivity contribution in [2.75, 3.05) is 0 Å². The van der Waals surface area contributed by atoms with E-state index in [-0.39, 0.29) is 21.7 Å². The van der Waals surface area contributed by atoms with Crippen LogP contribution < -0.4 is 0 Å². The number of carbonyl (C=O) groups excluding carboxylic acids is 1. The van der Waals surface area contributed by atoms with Crippen LogP contribution in [0.25, 0.3) is 0 Å². The summed E-state index contributed by atoms with van der Waals surface area (Å²) in [7, 11) is 0. The molecule has 110 valence electrons. The van der Waals surface area contributed by atoms with Crippen molar-refractivity contribution in [3.63, 3.8) is 0 Å². The molecule has 0 N–H and O–H groups in total. The molecule has 0 saturated heterocycles. The molecule has 19 heavy (non-hydrogen) atoms. The number of hydrogen-bond donors (Lipinski definition) is 0.